The van der Waals surface area contributed by atoms with Gasteiger partial charge in [0.15, 0.2) is 0 Å². The van der Waals surface area contributed by atoms with Crippen LogP contribution in [0.4, 0.5) is 0 Å². The van der Waals surface area contributed by atoms with Crippen LogP contribution >= 0.6 is 23.2 Å². The Morgan fingerprint density at radius 1 is 1.47 bits per heavy atom. The van der Waals surface area contributed by atoms with E-state index in [0.717, 1.165) is 36.8 Å². The number of halogens is 2. The van der Waals surface area contributed by atoms with Crippen LogP contribution in [0.25, 0.3) is 0 Å². The molecule has 0 bridgehead atoms. The number of nitrogens with one attached hydrogen (secondary N) is 1. The van der Waals surface area contributed by atoms with Gasteiger partial charge in [-0.3, -0.25) is 0 Å². The minimum Gasteiger partial charge on any atom is -0.383 e. The number of benzene rings is 1. The fourth-order valence-electron chi connectivity index (χ4n) is 2.42. The molecule has 0 aliphatic carbocycles. The van der Waals surface area contributed by atoms with E-state index in [1.807, 2.05) is 18.2 Å². The van der Waals surface area contributed by atoms with Gasteiger partial charge in [0, 0.05) is 42.3 Å². The third-order valence-electron chi connectivity index (χ3n) is 3.40. The Hall–Kier alpha value is -0.320. The lowest BCUT2D eigenvalue weighted by Crippen LogP contribution is -2.31. The van der Waals surface area contributed by atoms with Crippen LogP contribution in [0.2, 0.25) is 10.0 Å². The Kier molecular flexibility index (Phi) is 5.92. The van der Waals surface area contributed by atoms with Crippen molar-refractivity contribution in [1.82, 2.24) is 5.32 Å². The summed E-state index contributed by atoms with van der Waals surface area (Å²) in [5, 5.41) is 4.95. The molecule has 0 spiro atoms. The molecule has 1 N–H and O–H groups in total. The summed E-state index contributed by atoms with van der Waals surface area (Å²) in [6.07, 6.45) is 1.04. The van der Waals surface area contributed by atoms with Crippen LogP contribution in [0.1, 0.15) is 18.0 Å². The summed E-state index contributed by atoms with van der Waals surface area (Å²) in [6, 6.07) is 5.75. The van der Waals surface area contributed by atoms with Gasteiger partial charge >= 0.3 is 0 Å². The molecule has 0 saturated carbocycles. The van der Waals surface area contributed by atoms with Crippen molar-refractivity contribution in [1.29, 1.82) is 0 Å². The molecular weight excluding hydrogens is 285 g/mol. The molecule has 1 aliphatic rings. The van der Waals surface area contributed by atoms with Crippen molar-refractivity contribution >= 4 is 23.2 Å². The second-order valence-corrected chi connectivity index (χ2v) is 5.56. The first-order valence-electron chi connectivity index (χ1n) is 6.47. The number of hydrogen-bond acceptors (Lipinski definition) is 3. The van der Waals surface area contributed by atoms with Gasteiger partial charge in [-0.1, -0.05) is 23.2 Å². The van der Waals surface area contributed by atoms with Crippen LogP contribution in [0, 0.1) is 5.92 Å². The molecule has 0 radical (unpaired) electrons. The number of methoxy groups -OCH3 is 1. The van der Waals surface area contributed by atoms with Gasteiger partial charge in [-0.25, -0.2) is 0 Å². The van der Waals surface area contributed by atoms with Gasteiger partial charge in [-0.15, -0.1) is 0 Å². The predicted molar refractivity (Wildman–Crippen MR) is 78.0 cm³/mol. The maximum Gasteiger partial charge on any atom is 0.0587 e. The Morgan fingerprint density at radius 2 is 2.32 bits per heavy atom. The highest BCUT2D eigenvalue weighted by Gasteiger charge is 2.28. The molecule has 1 fully saturated rings. The molecule has 0 amide bonds. The van der Waals surface area contributed by atoms with Gasteiger partial charge in [0.25, 0.3) is 0 Å². The van der Waals surface area contributed by atoms with E-state index < -0.39 is 0 Å². The third-order valence-corrected chi connectivity index (χ3v) is 3.98. The number of rotatable bonds is 6. The lowest BCUT2D eigenvalue weighted by Gasteiger charge is -2.25. The number of ether oxygens (including phenoxy) is 2. The molecular formula is C14H19Cl2NO2. The minimum absolute atomic E-state index is 0.156. The van der Waals surface area contributed by atoms with Crippen molar-refractivity contribution in [3.8, 4) is 0 Å². The first kappa shape index (κ1) is 15.1. The Balaban J connectivity index is 2.17. The number of hydrogen-bond donors (Lipinski definition) is 1. The average Bonchev–Trinajstić information content (AvgIpc) is 2.92. The van der Waals surface area contributed by atoms with Crippen LogP contribution < -0.4 is 5.32 Å². The summed E-state index contributed by atoms with van der Waals surface area (Å²) in [4.78, 5) is 0. The van der Waals surface area contributed by atoms with Crippen LogP contribution in [0.3, 0.4) is 0 Å². The zero-order chi connectivity index (χ0) is 13.7. The highest BCUT2D eigenvalue weighted by atomic mass is 35.5. The molecule has 2 atom stereocenters. The fraction of sp³-hybridized carbons (Fsp3) is 0.571. The van der Waals surface area contributed by atoms with Gasteiger partial charge in [-0.2, -0.15) is 0 Å². The van der Waals surface area contributed by atoms with Crippen molar-refractivity contribution in [2.24, 2.45) is 5.92 Å². The van der Waals surface area contributed by atoms with Gasteiger partial charge in [0.1, 0.15) is 0 Å². The highest BCUT2D eigenvalue weighted by Crippen LogP contribution is 2.34. The van der Waals surface area contributed by atoms with Crippen molar-refractivity contribution in [3.05, 3.63) is 33.8 Å². The summed E-state index contributed by atoms with van der Waals surface area (Å²) >= 11 is 12.4. The van der Waals surface area contributed by atoms with E-state index in [1.54, 1.807) is 7.11 Å². The minimum atomic E-state index is 0.156. The molecule has 1 heterocycles. The molecule has 1 aliphatic heterocycles. The largest absolute Gasteiger partial charge is 0.383 e. The Bertz CT molecular complexity index is 408. The van der Waals surface area contributed by atoms with Crippen LogP contribution in [-0.4, -0.2) is 33.5 Å². The summed E-state index contributed by atoms with van der Waals surface area (Å²) in [5.41, 5.74) is 1.04. The van der Waals surface area contributed by atoms with E-state index in [9.17, 15) is 0 Å². The molecule has 0 aromatic heterocycles. The van der Waals surface area contributed by atoms with Crippen molar-refractivity contribution in [2.45, 2.75) is 12.5 Å². The molecule has 2 rings (SSSR count). The van der Waals surface area contributed by atoms with E-state index in [0.29, 0.717) is 17.5 Å². The van der Waals surface area contributed by atoms with Gasteiger partial charge in [-0.05, 0) is 30.2 Å². The first-order chi connectivity index (χ1) is 9.22. The molecule has 106 valence electrons. The summed E-state index contributed by atoms with van der Waals surface area (Å²) in [7, 11) is 1.70. The highest BCUT2D eigenvalue weighted by molar-refractivity contribution is 6.33. The van der Waals surface area contributed by atoms with E-state index >= 15 is 0 Å². The molecule has 19 heavy (non-hydrogen) atoms. The van der Waals surface area contributed by atoms with Gasteiger partial charge < -0.3 is 14.8 Å². The molecule has 1 aromatic carbocycles. The lowest BCUT2D eigenvalue weighted by atomic mass is 9.92. The predicted octanol–water partition coefficient (Wildman–Crippen LogP) is 3.31. The molecule has 1 saturated heterocycles. The van der Waals surface area contributed by atoms with Crippen molar-refractivity contribution in [2.75, 3.05) is 33.5 Å². The van der Waals surface area contributed by atoms with Crippen LogP contribution in [0.5, 0.6) is 0 Å². The fourth-order valence-corrected chi connectivity index (χ4v) is 2.83. The van der Waals surface area contributed by atoms with Crippen molar-refractivity contribution in [3.63, 3.8) is 0 Å². The average molecular weight is 304 g/mol. The second kappa shape index (κ2) is 7.46. The Morgan fingerprint density at radius 3 is 3.00 bits per heavy atom. The van der Waals surface area contributed by atoms with Crippen LogP contribution in [0.15, 0.2) is 18.2 Å². The standard InChI is InChI=1S/C14H19Cl2NO2/c1-18-7-5-17-14(10-4-6-19-9-10)12-8-11(15)2-3-13(12)16/h2-3,8,10,14,17H,4-7,9H2,1H3/t10-,14-/m0/s1. The first-order valence-corrected chi connectivity index (χ1v) is 7.23. The van der Waals surface area contributed by atoms with E-state index in [1.165, 1.54) is 0 Å². The quantitative estimate of drug-likeness (QED) is 0.818. The zero-order valence-electron chi connectivity index (χ0n) is 11.0. The van der Waals surface area contributed by atoms with Gasteiger partial charge in [0.05, 0.1) is 13.2 Å². The van der Waals surface area contributed by atoms with Crippen LogP contribution in [-0.2, 0) is 9.47 Å². The van der Waals surface area contributed by atoms with Crippen molar-refractivity contribution < 1.29 is 9.47 Å². The molecule has 0 unspecified atom stereocenters. The van der Waals surface area contributed by atoms with E-state index in [2.05, 4.69) is 5.32 Å². The summed E-state index contributed by atoms with van der Waals surface area (Å²) in [6.45, 7) is 3.02. The normalized spacial score (nSPS) is 20.7. The molecule has 5 heteroatoms. The molecule has 3 nitrogen and oxygen atoms in total. The van der Waals surface area contributed by atoms with E-state index in [-0.39, 0.29) is 6.04 Å². The molecule has 1 aromatic rings. The van der Waals surface area contributed by atoms with Gasteiger partial charge in [0.2, 0.25) is 0 Å². The monoisotopic (exact) mass is 303 g/mol. The maximum atomic E-state index is 6.31. The third kappa shape index (κ3) is 4.07. The van der Waals surface area contributed by atoms with E-state index in [4.69, 9.17) is 32.7 Å². The summed E-state index contributed by atoms with van der Waals surface area (Å²) < 4.78 is 10.6. The Labute approximate surface area is 124 Å². The zero-order valence-corrected chi connectivity index (χ0v) is 12.5. The topological polar surface area (TPSA) is 30.5 Å². The maximum absolute atomic E-state index is 6.31. The summed E-state index contributed by atoms with van der Waals surface area (Å²) in [5.74, 6) is 0.424. The second-order valence-electron chi connectivity index (χ2n) is 4.71. The SMILES string of the molecule is COCCN[C@H](c1cc(Cl)ccc1Cl)[C@H]1CCOC1. The lowest BCUT2D eigenvalue weighted by molar-refractivity contribution is 0.168. The smallest absolute Gasteiger partial charge is 0.0587 e.